The first-order valence-corrected chi connectivity index (χ1v) is 6.38. The van der Waals surface area contributed by atoms with Crippen molar-refractivity contribution in [1.29, 1.82) is 0 Å². The van der Waals surface area contributed by atoms with Gasteiger partial charge in [-0.3, -0.25) is 0 Å². The van der Waals surface area contributed by atoms with Gasteiger partial charge in [0, 0.05) is 0 Å². The lowest BCUT2D eigenvalue weighted by Gasteiger charge is -2.01. The van der Waals surface area contributed by atoms with Crippen molar-refractivity contribution in [3.05, 3.63) is 38.8 Å². The Labute approximate surface area is 123 Å². The number of phenolic OH excluding ortho intramolecular Hbond substituents is 1. The number of halogens is 2. The van der Waals surface area contributed by atoms with Crippen LogP contribution in [0.1, 0.15) is 5.82 Å². The third-order valence-corrected chi connectivity index (χ3v) is 3.38. The van der Waals surface area contributed by atoms with Crippen LogP contribution in [0.15, 0.2) is 17.1 Å². The van der Waals surface area contributed by atoms with E-state index in [0.29, 0.717) is 28.1 Å². The van der Waals surface area contributed by atoms with Crippen molar-refractivity contribution in [1.82, 2.24) is 19.6 Å². The number of fused-ring (bicyclic) bond motifs is 1. The maximum atomic E-state index is 9.54. The van der Waals surface area contributed by atoms with Gasteiger partial charge in [-0.05, 0) is 19.1 Å². The molecule has 8 heteroatoms. The highest BCUT2D eigenvalue weighted by Crippen LogP contribution is 2.35. The van der Waals surface area contributed by atoms with Crippen molar-refractivity contribution >= 4 is 41.2 Å². The summed E-state index contributed by atoms with van der Waals surface area (Å²) in [6.45, 7) is 5.68. The van der Waals surface area contributed by atoms with Gasteiger partial charge in [0.1, 0.15) is 5.82 Å². The molecule has 0 saturated heterocycles. The molecule has 2 aromatic heterocycles. The zero-order valence-corrected chi connectivity index (χ0v) is 11.9. The second-order valence-corrected chi connectivity index (χ2v) is 5.02. The zero-order valence-electron chi connectivity index (χ0n) is 10.4. The molecule has 0 bridgehead atoms. The maximum absolute atomic E-state index is 9.54. The summed E-state index contributed by atoms with van der Waals surface area (Å²) in [4.78, 5) is 7.41. The summed E-state index contributed by atoms with van der Waals surface area (Å²) in [6, 6.07) is 3.03. The fourth-order valence-electron chi connectivity index (χ4n) is 1.88. The van der Waals surface area contributed by atoms with Gasteiger partial charge in [-0.2, -0.15) is 0 Å². The number of aromatic nitrogens is 4. The van der Waals surface area contributed by atoms with E-state index in [0.717, 1.165) is 0 Å². The molecule has 0 aliphatic heterocycles. The van der Waals surface area contributed by atoms with Gasteiger partial charge in [0.15, 0.2) is 11.2 Å². The summed E-state index contributed by atoms with van der Waals surface area (Å²) >= 11 is 11.8. The Kier molecular flexibility index (Phi) is 2.92. The topological polar surface area (TPSA) is 78.6 Å². The van der Waals surface area contributed by atoms with Gasteiger partial charge in [0.2, 0.25) is 5.78 Å². The summed E-state index contributed by atoms with van der Waals surface area (Å²) in [5, 5.41) is 18.3. The molecule has 0 fully saturated rings. The number of nitrogens with zero attached hydrogens (tertiary/aromatic N) is 4. The molecule has 0 aliphatic rings. The van der Waals surface area contributed by atoms with Crippen LogP contribution in [0.5, 0.6) is 5.75 Å². The predicted octanol–water partition coefficient (Wildman–Crippen LogP) is 1.74. The van der Waals surface area contributed by atoms with Crippen LogP contribution < -0.4 is 10.8 Å². The Hall–Kier alpha value is -2.05. The van der Waals surface area contributed by atoms with Crippen LogP contribution in [0.25, 0.3) is 12.4 Å². The standard InChI is InChI=1S/C12H9Cl2N5O/c1-5-11(19-6(2)17-18-12(19)15-5)16-7-3-8(13)10(20)9(14)4-7/h3-4,20H,1H2,2H3,(H,15,18). The first-order valence-electron chi connectivity index (χ1n) is 5.63. The minimum absolute atomic E-state index is 0.133. The summed E-state index contributed by atoms with van der Waals surface area (Å²) in [5.41, 5.74) is 1.05. The van der Waals surface area contributed by atoms with Crippen LogP contribution in [0.4, 0.5) is 5.69 Å². The SMILES string of the molecule is C=c1[nH]c2nnc(C)n2c1=Nc1cc(Cl)c(O)c(Cl)c1. The lowest BCUT2D eigenvalue weighted by Crippen LogP contribution is -2.26. The second-order valence-electron chi connectivity index (χ2n) is 4.20. The molecule has 3 rings (SSSR count). The minimum Gasteiger partial charge on any atom is -0.505 e. The monoisotopic (exact) mass is 309 g/mol. The number of phenols is 1. The molecule has 0 unspecified atom stereocenters. The first kappa shape index (κ1) is 13.0. The summed E-state index contributed by atoms with van der Waals surface area (Å²) < 4.78 is 1.73. The van der Waals surface area contributed by atoms with Gasteiger partial charge in [0.25, 0.3) is 0 Å². The third kappa shape index (κ3) is 1.93. The molecular weight excluding hydrogens is 301 g/mol. The Morgan fingerprint density at radius 2 is 1.95 bits per heavy atom. The van der Waals surface area contributed by atoms with E-state index in [1.165, 1.54) is 12.1 Å². The number of hydrogen-bond donors (Lipinski definition) is 2. The highest BCUT2D eigenvalue weighted by atomic mass is 35.5. The lowest BCUT2D eigenvalue weighted by atomic mass is 10.3. The summed E-state index contributed by atoms with van der Waals surface area (Å²) in [7, 11) is 0. The Morgan fingerprint density at radius 1 is 1.30 bits per heavy atom. The van der Waals surface area contributed by atoms with E-state index in [1.54, 1.807) is 4.40 Å². The van der Waals surface area contributed by atoms with E-state index in [9.17, 15) is 5.11 Å². The van der Waals surface area contributed by atoms with Crippen LogP contribution in [0, 0.1) is 6.92 Å². The van der Waals surface area contributed by atoms with Crippen molar-refractivity contribution in [2.45, 2.75) is 6.92 Å². The van der Waals surface area contributed by atoms with Crippen LogP contribution >= 0.6 is 23.2 Å². The maximum Gasteiger partial charge on any atom is 0.235 e. The van der Waals surface area contributed by atoms with Crippen molar-refractivity contribution in [2.75, 3.05) is 0 Å². The van der Waals surface area contributed by atoms with E-state index < -0.39 is 0 Å². The minimum atomic E-state index is -0.165. The highest BCUT2D eigenvalue weighted by Gasteiger charge is 2.09. The van der Waals surface area contributed by atoms with Crippen LogP contribution in [-0.2, 0) is 0 Å². The molecule has 102 valence electrons. The normalized spacial score (nSPS) is 12.4. The van der Waals surface area contributed by atoms with Crippen molar-refractivity contribution in [3.8, 4) is 5.75 Å². The van der Waals surface area contributed by atoms with E-state index in [4.69, 9.17) is 23.2 Å². The third-order valence-electron chi connectivity index (χ3n) is 2.81. The molecule has 6 nitrogen and oxygen atoms in total. The number of aryl methyl sites for hydroxylation is 1. The van der Waals surface area contributed by atoms with Gasteiger partial charge in [0.05, 0.1) is 21.1 Å². The second kappa shape index (κ2) is 4.50. The van der Waals surface area contributed by atoms with Gasteiger partial charge in [-0.15, -0.1) is 10.2 Å². The molecule has 0 radical (unpaired) electrons. The van der Waals surface area contributed by atoms with Crippen molar-refractivity contribution < 1.29 is 5.11 Å². The number of H-pyrrole nitrogens is 1. The fraction of sp³-hybridized carbons (Fsp3) is 0.0833. The Bertz CT molecular complexity index is 904. The van der Waals surface area contributed by atoms with Gasteiger partial charge >= 0.3 is 0 Å². The zero-order chi connectivity index (χ0) is 14.4. The molecule has 1 aromatic carbocycles. The van der Waals surface area contributed by atoms with E-state index >= 15 is 0 Å². The molecule has 0 spiro atoms. The molecule has 0 amide bonds. The quantitative estimate of drug-likeness (QED) is 0.718. The number of imidazole rings is 1. The average molecular weight is 310 g/mol. The number of aromatic amines is 1. The van der Waals surface area contributed by atoms with Crippen molar-refractivity contribution in [3.63, 3.8) is 0 Å². The van der Waals surface area contributed by atoms with Crippen LogP contribution in [0.2, 0.25) is 10.0 Å². The number of hydrogen-bond acceptors (Lipinski definition) is 4. The van der Waals surface area contributed by atoms with Crippen LogP contribution in [0.3, 0.4) is 0 Å². The smallest absolute Gasteiger partial charge is 0.235 e. The molecule has 0 aliphatic carbocycles. The molecular formula is C12H9Cl2N5O. The number of rotatable bonds is 1. The predicted molar refractivity (Wildman–Crippen MR) is 76.2 cm³/mol. The average Bonchev–Trinajstić information content (AvgIpc) is 2.88. The summed E-state index contributed by atoms with van der Waals surface area (Å²) in [6.07, 6.45) is 0. The first-order chi connectivity index (χ1) is 9.47. The van der Waals surface area contributed by atoms with Crippen molar-refractivity contribution in [2.24, 2.45) is 4.99 Å². The molecule has 0 saturated carbocycles. The van der Waals surface area contributed by atoms with Crippen LogP contribution in [-0.4, -0.2) is 24.7 Å². The number of benzene rings is 1. The van der Waals surface area contributed by atoms with E-state index in [1.807, 2.05) is 6.92 Å². The molecule has 20 heavy (non-hydrogen) atoms. The number of aromatic hydroxyl groups is 1. The van der Waals surface area contributed by atoms with E-state index in [-0.39, 0.29) is 15.8 Å². The fourth-order valence-corrected chi connectivity index (χ4v) is 2.35. The highest BCUT2D eigenvalue weighted by molar-refractivity contribution is 6.37. The Balaban J connectivity index is 2.32. The lowest BCUT2D eigenvalue weighted by molar-refractivity contribution is 0.476. The van der Waals surface area contributed by atoms with Gasteiger partial charge < -0.3 is 10.1 Å². The van der Waals surface area contributed by atoms with Gasteiger partial charge in [-0.25, -0.2) is 9.39 Å². The Morgan fingerprint density at radius 3 is 2.60 bits per heavy atom. The molecule has 2 N–H and O–H groups in total. The largest absolute Gasteiger partial charge is 0.505 e. The summed E-state index contributed by atoms with van der Waals surface area (Å²) in [5.74, 6) is 1.07. The van der Waals surface area contributed by atoms with E-state index in [2.05, 4.69) is 26.8 Å². The molecule has 2 heterocycles. The van der Waals surface area contributed by atoms with Gasteiger partial charge in [-0.1, -0.05) is 29.8 Å². The molecule has 0 atom stereocenters. The number of nitrogens with one attached hydrogen (secondary N) is 1. The molecule has 3 aromatic rings.